The number of ether oxygens (including phenoxy) is 1. The zero-order valence-electron chi connectivity index (χ0n) is 21.6. The molecule has 0 spiro atoms. The number of non-ortho nitro benzene ring substituents is 1. The van der Waals surface area contributed by atoms with Crippen LogP contribution < -0.4 is 23.5 Å². The molecule has 1 fully saturated rings. The third kappa shape index (κ3) is 6.23. The number of benzene rings is 3. The van der Waals surface area contributed by atoms with Crippen molar-refractivity contribution in [3.05, 3.63) is 87.5 Å². The van der Waals surface area contributed by atoms with Gasteiger partial charge in [-0.1, -0.05) is 30.3 Å². The lowest BCUT2D eigenvalue weighted by molar-refractivity contribution is -0.946. The van der Waals surface area contributed by atoms with Gasteiger partial charge in [0.05, 0.1) is 53.5 Å². The van der Waals surface area contributed by atoms with Crippen LogP contribution in [0.2, 0.25) is 0 Å². The maximum absolute atomic E-state index is 13.3. The van der Waals surface area contributed by atoms with Crippen LogP contribution in [0.5, 0.6) is 0 Å². The van der Waals surface area contributed by atoms with Crippen LogP contribution in [0.1, 0.15) is 21.5 Å². The molecule has 0 radical (unpaired) electrons. The van der Waals surface area contributed by atoms with Gasteiger partial charge in [0.25, 0.3) is 11.6 Å². The van der Waals surface area contributed by atoms with Gasteiger partial charge in [0, 0.05) is 28.5 Å². The molecule has 2 heterocycles. The average molecular weight is 572 g/mol. The number of para-hydroxylation sites is 2. The third-order valence-electron chi connectivity index (χ3n) is 7.28. The number of amides is 1. The molecule has 1 saturated heterocycles. The summed E-state index contributed by atoms with van der Waals surface area (Å²) in [5.74, 6) is -0.188. The highest BCUT2D eigenvalue weighted by molar-refractivity contribution is 6.13. The van der Waals surface area contributed by atoms with Gasteiger partial charge in [0.2, 0.25) is 0 Å². The Morgan fingerprint density at radius 1 is 1.05 bits per heavy atom. The fraction of sp³-hybridized carbons (Fsp3) is 0.286. The Morgan fingerprint density at radius 2 is 1.69 bits per heavy atom. The lowest BCUT2D eigenvalue weighted by Gasteiger charge is -2.41. The molecule has 3 N–H and O–H groups in total. The number of anilines is 1. The van der Waals surface area contributed by atoms with Crippen molar-refractivity contribution in [2.45, 2.75) is 13.5 Å². The normalized spacial score (nSPS) is 14.3. The summed E-state index contributed by atoms with van der Waals surface area (Å²) in [6.07, 6.45) is 0. The Bertz CT molecular complexity index is 1490. The van der Waals surface area contributed by atoms with Gasteiger partial charge in [-0.2, -0.15) is 0 Å². The highest BCUT2D eigenvalue weighted by atomic mass is 35.5. The van der Waals surface area contributed by atoms with Crippen LogP contribution in [0.4, 0.5) is 11.4 Å². The predicted octanol–water partition coefficient (Wildman–Crippen LogP) is 1.39. The van der Waals surface area contributed by atoms with E-state index in [9.17, 15) is 14.9 Å². The fourth-order valence-electron chi connectivity index (χ4n) is 5.15. The number of aromatic nitrogens is 1. The molecule has 0 atom stereocenters. The van der Waals surface area contributed by atoms with Crippen LogP contribution in [0.3, 0.4) is 0 Å². The van der Waals surface area contributed by atoms with Gasteiger partial charge in [-0.3, -0.25) is 14.9 Å². The standard InChI is InChI=1S/C28H29N5O4.2ClH/c1-19-4-2-5-22-25(29)23-6-3-7-24(27(23)31-26(19)22)28(34)30-12-13-33(14-16-37-17-15-33)18-20-8-10-21(11-9-20)32(35)36;;/h2-11H,12-18H2,1H3,(H2-,29,30,31,34);2*1H. The maximum atomic E-state index is 13.3. The molecule has 1 aromatic heterocycles. The molecule has 0 aliphatic carbocycles. The number of hydrogen-bond acceptors (Lipinski definition) is 6. The number of nitro benzene ring substituents is 1. The topological polar surface area (TPSA) is 120 Å². The van der Waals surface area contributed by atoms with Crippen molar-refractivity contribution < 1.29 is 31.3 Å². The van der Waals surface area contributed by atoms with E-state index in [4.69, 9.17) is 15.5 Å². The van der Waals surface area contributed by atoms with Crippen molar-refractivity contribution in [1.82, 2.24) is 10.3 Å². The van der Waals surface area contributed by atoms with Crippen molar-refractivity contribution in [2.75, 3.05) is 45.1 Å². The number of pyridine rings is 1. The predicted molar refractivity (Wildman–Crippen MR) is 150 cm³/mol. The van der Waals surface area contributed by atoms with Crippen LogP contribution in [0.15, 0.2) is 60.7 Å². The van der Waals surface area contributed by atoms with Crippen molar-refractivity contribution in [1.29, 1.82) is 0 Å². The van der Waals surface area contributed by atoms with E-state index in [1.165, 1.54) is 0 Å². The Kier molecular flexibility index (Phi) is 9.68. The largest absolute Gasteiger partial charge is 1.00 e. The third-order valence-corrected chi connectivity index (χ3v) is 7.28. The Labute approximate surface area is 238 Å². The van der Waals surface area contributed by atoms with Crippen LogP contribution in [-0.2, 0) is 11.3 Å². The number of nitrogens with zero attached hydrogens (tertiary/aromatic N) is 3. The minimum Gasteiger partial charge on any atom is -1.00 e. The molecule has 0 unspecified atom stereocenters. The van der Waals surface area contributed by atoms with Gasteiger partial charge in [-0.05, 0) is 30.7 Å². The molecule has 4 aromatic rings. The van der Waals surface area contributed by atoms with Gasteiger partial charge in [-0.15, -0.1) is 12.4 Å². The van der Waals surface area contributed by atoms with Gasteiger partial charge < -0.3 is 32.7 Å². The zero-order chi connectivity index (χ0) is 26.0. The number of hydrogen-bond donors (Lipinski definition) is 2. The summed E-state index contributed by atoms with van der Waals surface area (Å²) >= 11 is 0. The zero-order valence-corrected chi connectivity index (χ0v) is 23.1. The summed E-state index contributed by atoms with van der Waals surface area (Å²) < 4.78 is 6.34. The molecule has 39 heavy (non-hydrogen) atoms. The quantitative estimate of drug-likeness (QED) is 0.150. The number of nitrogens with two attached hydrogens (primary N) is 1. The number of fused-ring (bicyclic) bond motifs is 2. The summed E-state index contributed by atoms with van der Waals surface area (Å²) in [5.41, 5.74) is 11.1. The first-order valence-corrected chi connectivity index (χ1v) is 12.4. The van der Waals surface area contributed by atoms with Gasteiger partial charge >= 0.3 is 0 Å². The average Bonchev–Trinajstić information content (AvgIpc) is 2.90. The Balaban J connectivity index is 0.00000210. The summed E-state index contributed by atoms with van der Waals surface area (Å²) in [6, 6.07) is 18.1. The van der Waals surface area contributed by atoms with Crippen molar-refractivity contribution >= 4 is 51.5 Å². The number of nitrogen functional groups attached to an aromatic ring is 1. The first-order chi connectivity index (χ1) is 17.9. The van der Waals surface area contributed by atoms with Crippen LogP contribution in [-0.4, -0.2) is 59.7 Å². The van der Waals surface area contributed by atoms with Gasteiger partial charge in [0.1, 0.15) is 19.6 Å². The highest BCUT2D eigenvalue weighted by Gasteiger charge is 2.31. The molecule has 9 nitrogen and oxygen atoms in total. The van der Waals surface area contributed by atoms with Crippen LogP contribution in [0, 0.1) is 17.0 Å². The molecular formula is C28H31Cl2N5O4. The number of morpholine rings is 1. The van der Waals surface area contributed by atoms with E-state index in [2.05, 4.69) is 5.32 Å². The van der Waals surface area contributed by atoms with Crippen LogP contribution in [0.25, 0.3) is 21.8 Å². The van der Waals surface area contributed by atoms with Crippen molar-refractivity contribution in [3.63, 3.8) is 0 Å². The molecule has 206 valence electrons. The summed E-state index contributed by atoms with van der Waals surface area (Å²) in [7, 11) is 0. The second-order valence-electron chi connectivity index (χ2n) is 9.66. The smallest absolute Gasteiger partial charge is 0.269 e. The van der Waals surface area contributed by atoms with Gasteiger partial charge in [-0.25, -0.2) is 4.98 Å². The number of quaternary nitrogens is 1. The van der Waals surface area contributed by atoms with E-state index >= 15 is 0 Å². The van der Waals surface area contributed by atoms with E-state index in [1.54, 1.807) is 18.2 Å². The first-order valence-electron chi connectivity index (χ1n) is 12.4. The second-order valence-corrected chi connectivity index (χ2v) is 9.66. The number of nitro groups is 1. The number of rotatable bonds is 7. The van der Waals surface area contributed by atoms with E-state index < -0.39 is 4.92 Å². The van der Waals surface area contributed by atoms with E-state index in [0.29, 0.717) is 43.1 Å². The lowest BCUT2D eigenvalue weighted by atomic mass is 10.0. The molecule has 3 aromatic carbocycles. The summed E-state index contributed by atoms with van der Waals surface area (Å²) in [5, 5.41) is 15.7. The number of carbonyl (C=O) groups is 1. The molecule has 1 amide bonds. The number of carbonyl (C=O) groups excluding carboxylic acids is 1. The van der Waals surface area contributed by atoms with Crippen LogP contribution >= 0.6 is 12.4 Å². The Morgan fingerprint density at radius 3 is 2.36 bits per heavy atom. The monoisotopic (exact) mass is 571 g/mol. The fourth-order valence-corrected chi connectivity index (χ4v) is 5.15. The number of nitrogens with one attached hydrogen (secondary N) is 1. The molecular weight excluding hydrogens is 541 g/mol. The highest BCUT2D eigenvalue weighted by Crippen LogP contribution is 2.31. The number of halogens is 2. The van der Waals surface area contributed by atoms with Crippen molar-refractivity contribution in [3.8, 4) is 0 Å². The molecule has 1 aliphatic heterocycles. The molecule has 11 heteroatoms. The minimum absolute atomic E-state index is 0. The summed E-state index contributed by atoms with van der Waals surface area (Å²) in [4.78, 5) is 28.8. The number of aryl methyl sites for hydroxylation is 1. The van der Waals surface area contributed by atoms with Gasteiger partial charge in [0.15, 0.2) is 0 Å². The van der Waals surface area contributed by atoms with Crippen molar-refractivity contribution in [2.24, 2.45) is 0 Å². The molecule has 0 saturated carbocycles. The lowest BCUT2D eigenvalue weighted by Crippen LogP contribution is -3.00. The van der Waals surface area contributed by atoms with E-state index in [0.717, 1.165) is 51.5 Å². The second kappa shape index (κ2) is 12.6. The Hall–Kier alpha value is -3.50. The first kappa shape index (κ1) is 30.0. The van der Waals surface area contributed by atoms with E-state index in [1.807, 2.05) is 49.4 Å². The minimum atomic E-state index is -0.391. The van der Waals surface area contributed by atoms with E-state index in [-0.39, 0.29) is 36.4 Å². The molecule has 0 bridgehead atoms. The molecule has 5 rings (SSSR count). The SMILES string of the molecule is Cc1cccc2c(N)c3cccc(C(=O)NCC[N+]4(Cc5ccc([N+](=O)[O-])cc5)CCOCC4)c3nc12.Cl.[Cl-]. The maximum Gasteiger partial charge on any atom is 0.269 e. The molecule has 1 aliphatic rings. The summed E-state index contributed by atoms with van der Waals surface area (Å²) in [6.45, 7) is 6.79.